The molecule has 0 N–H and O–H groups in total. The summed E-state index contributed by atoms with van der Waals surface area (Å²) in [5.74, 6) is -0.809. The fourth-order valence-corrected chi connectivity index (χ4v) is 4.40. The minimum atomic E-state index is -0.727. The Bertz CT molecular complexity index is 1300. The van der Waals surface area contributed by atoms with Crippen LogP contribution in [0, 0.1) is 5.82 Å². The number of aromatic nitrogens is 1. The van der Waals surface area contributed by atoms with Gasteiger partial charge in [0.2, 0.25) is 5.76 Å². The van der Waals surface area contributed by atoms with Gasteiger partial charge in [-0.3, -0.25) is 14.5 Å². The summed E-state index contributed by atoms with van der Waals surface area (Å²) in [5, 5.41) is 2.64. The highest BCUT2D eigenvalue weighted by molar-refractivity contribution is 7.13. The largest absolute Gasteiger partial charge is 0.450 e. The van der Waals surface area contributed by atoms with E-state index < -0.39 is 17.8 Å². The predicted octanol–water partition coefficient (Wildman–Crippen LogP) is 4.70. The summed E-state index contributed by atoms with van der Waals surface area (Å²) in [6.07, 6.45) is 2.37. The Morgan fingerprint density at radius 2 is 1.97 bits per heavy atom. The maximum absolute atomic E-state index is 13.5. The summed E-state index contributed by atoms with van der Waals surface area (Å²) >= 11 is 1.29. The van der Waals surface area contributed by atoms with Crippen molar-refractivity contribution in [2.75, 3.05) is 4.90 Å². The Labute approximate surface area is 169 Å². The van der Waals surface area contributed by atoms with E-state index in [2.05, 4.69) is 4.98 Å². The lowest BCUT2D eigenvalue weighted by atomic mass is 9.98. The first-order chi connectivity index (χ1) is 14.1. The number of fused-ring (bicyclic) bond motifs is 2. The van der Waals surface area contributed by atoms with Crippen molar-refractivity contribution in [3.63, 3.8) is 0 Å². The van der Waals surface area contributed by atoms with Crippen molar-refractivity contribution in [2.45, 2.75) is 19.4 Å². The second-order valence-corrected chi connectivity index (χ2v) is 7.67. The second-order valence-electron chi connectivity index (χ2n) is 6.80. The van der Waals surface area contributed by atoms with E-state index >= 15 is 0 Å². The van der Waals surface area contributed by atoms with Crippen molar-refractivity contribution in [2.24, 2.45) is 0 Å². The molecule has 2 aromatic heterocycles. The van der Waals surface area contributed by atoms with Gasteiger partial charge >= 0.3 is 0 Å². The number of benzene rings is 2. The van der Waals surface area contributed by atoms with Gasteiger partial charge in [-0.2, -0.15) is 0 Å². The van der Waals surface area contributed by atoms with Gasteiger partial charge in [0, 0.05) is 11.6 Å². The number of carbonyl (C=O) groups excluding carboxylic acids is 1. The average molecular weight is 406 g/mol. The zero-order valence-electron chi connectivity index (χ0n) is 15.4. The van der Waals surface area contributed by atoms with Crippen molar-refractivity contribution in [1.29, 1.82) is 0 Å². The van der Waals surface area contributed by atoms with Gasteiger partial charge in [-0.1, -0.05) is 25.1 Å². The Morgan fingerprint density at radius 1 is 1.17 bits per heavy atom. The summed E-state index contributed by atoms with van der Waals surface area (Å²) in [4.78, 5) is 32.4. The van der Waals surface area contributed by atoms with Gasteiger partial charge in [0.1, 0.15) is 11.4 Å². The van der Waals surface area contributed by atoms with Crippen molar-refractivity contribution in [3.8, 4) is 0 Å². The quantitative estimate of drug-likeness (QED) is 0.495. The molecule has 0 spiro atoms. The number of aryl methyl sites for hydroxylation is 1. The third kappa shape index (κ3) is 2.69. The molecule has 1 amide bonds. The standard InChI is InChI=1S/C22H15FN2O3S/c1-2-12-3-8-16-15(11-12)19(26)17-18(13-4-6-14(23)7-5-13)25(21(27)20(17)28-16)22-24-9-10-29-22/h3-11,18H,2H2,1H3. The average Bonchev–Trinajstić information content (AvgIpc) is 3.35. The molecule has 1 unspecified atom stereocenters. The summed E-state index contributed by atoms with van der Waals surface area (Å²) in [6.45, 7) is 2.01. The Morgan fingerprint density at radius 3 is 2.66 bits per heavy atom. The van der Waals surface area contributed by atoms with Crippen LogP contribution in [0.1, 0.15) is 40.2 Å². The molecular formula is C22H15FN2O3S. The van der Waals surface area contributed by atoms with Gasteiger partial charge < -0.3 is 4.42 Å². The van der Waals surface area contributed by atoms with Gasteiger partial charge in [-0.25, -0.2) is 9.37 Å². The third-order valence-electron chi connectivity index (χ3n) is 5.15. The summed E-state index contributed by atoms with van der Waals surface area (Å²) in [5.41, 5.74) is 2.00. The molecule has 5 nitrogen and oxygen atoms in total. The van der Waals surface area contributed by atoms with E-state index in [0.29, 0.717) is 21.7 Å². The molecule has 0 fully saturated rings. The number of anilines is 1. The normalized spacial score (nSPS) is 15.9. The summed E-state index contributed by atoms with van der Waals surface area (Å²) in [7, 11) is 0. The lowest BCUT2D eigenvalue weighted by molar-refractivity contribution is 0.0971. The number of amides is 1. The summed E-state index contributed by atoms with van der Waals surface area (Å²) < 4.78 is 19.4. The Hall–Kier alpha value is -3.32. The number of thiazole rings is 1. The monoisotopic (exact) mass is 406 g/mol. The highest BCUT2D eigenvalue weighted by Crippen LogP contribution is 2.41. The Balaban J connectivity index is 1.82. The first kappa shape index (κ1) is 17.8. The molecule has 4 aromatic rings. The van der Waals surface area contributed by atoms with Crippen LogP contribution in [-0.2, 0) is 6.42 Å². The molecule has 0 bridgehead atoms. The lowest BCUT2D eigenvalue weighted by Gasteiger charge is -2.22. The molecule has 3 heterocycles. The Kier molecular flexibility index (Phi) is 4.06. The fraction of sp³-hybridized carbons (Fsp3) is 0.136. The third-order valence-corrected chi connectivity index (χ3v) is 5.92. The van der Waals surface area contributed by atoms with Gasteiger partial charge in [0.05, 0.1) is 17.0 Å². The zero-order chi connectivity index (χ0) is 20.1. The molecule has 1 atom stereocenters. The molecule has 5 rings (SSSR count). The first-order valence-corrected chi connectivity index (χ1v) is 10.0. The number of carbonyl (C=O) groups is 1. The van der Waals surface area contributed by atoms with Crippen molar-refractivity contribution in [3.05, 3.63) is 92.5 Å². The first-order valence-electron chi connectivity index (χ1n) is 9.16. The molecule has 0 saturated carbocycles. The van der Waals surface area contributed by atoms with Crippen LogP contribution < -0.4 is 10.3 Å². The van der Waals surface area contributed by atoms with Gasteiger partial charge in [0.15, 0.2) is 10.6 Å². The van der Waals surface area contributed by atoms with E-state index in [0.717, 1.165) is 12.0 Å². The molecule has 144 valence electrons. The van der Waals surface area contributed by atoms with Crippen molar-refractivity contribution in [1.82, 2.24) is 4.98 Å². The van der Waals surface area contributed by atoms with Gasteiger partial charge in [-0.05, 0) is 41.8 Å². The molecule has 2 aromatic carbocycles. The molecule has 0 saturated heterocycles. The van der Waals surface area contributed by atoms with Crippen LogP contribution in [-0.4, -0.2) is 10.9 Å². The van der Waals surface area contributed by atoms with Gasteiger partial charge in [0.25, 0.3) is 5.91 Å². The van der Waals surface area contributed by atoms with Crippen LogP contribution in [0.4, 0.5) is 9.52 Å². The van der Waals surface area contributed by atoms with E-state index in [9.17, 15) is 14.0 Å². The maximum atomic E-state index is 13.5. The fourth-order valence-electron chi connectivity index (χ4n) is 3.73. The minimum absolute atomic E-state index is 0.0104. The van der Waals surface area contributed by atoms with E-state index in [4.69, 9.17) is 4.42 Å². The molecule has 0 radical (unpaired) electrons. The number of hydrogen-bond acceptors (Lipinski definition) is 5. The molecule has 29 heavy (non-hydrogen) atoms. The zero-order valence-corrected chi connectivity index (χ0v) is 16.2. The number of rotatable bonds is 3. The van der Waals surface area contributed by atoms with Crippen LogP contribution in [0.3, 0.4) is 0 Å². The SMILES string of the molecule is CCc1ccc2oc3c(c(=O)c2c1)C(c1ccc(F)cc1)N(c1nccs1)C3=O. The highest BCUT2D eigenvalue weighted by atomic mass is 32.1. The molecule has 0 aliphatic carbocycles. The van der Waals surface area contributed by atoms with E-state index in [1.54, 1.807) is 35.8 Å². The van der Waals surface area contributed by atoms with Crippen LogP contribution >= 0.6 is 11.3 Å². The van der Waals surface area contributed by atoms with Crippen LogP contribution in [0.5, 0.6) is 0 Å². The van der Waals surface area contributed by atoms with Crippen LogP contribution in [0.25, 0.3) is 11.0 Å². The topological polar surface area (TPSA) is 63.4 Å². The van der Waals surface area contributed by atoms with E-state index in [-0.39, 0.29) is 16.8 Å². The number of nitrogens with zero attached hydrogens (tertiary/aromatic N) is 2. The minimum Gasteiger partial charge on any atom is -0.450 e. The highest BCUT2D eigenvalue weighted by Gasteiger charge is 2.44. The maximum Gasteiger partial charge on any atom is 0.297 e. The second kappa shape index (κ2) is 6.63. The molecule has 1 aliphatic rings. The van der Waals surface area contributed by atoms with Gasteiger partial charge in [-0.15, -0.1) is 11.3 Å². The van der Waals surface area contributed by atoms with Crippen LogP contribution in [0.2, 0.25) is 0 Å². The molecule has 1 aliphatic heterocycles. The predicted molar refractivity (Wildman–Crippen MR) is 109 cm³/mol. The molecule has 7 heteroatoms. The van der Waals surface area contributed by atoms with Crippen molar-refractivity contribution >= 4 is 33.3 Å². The lowest BCUT2D eigenvalue weighted by Crippen LogP contribution is -2.29. The van der Waals surface area contributed by atoms with E-state index in [1.165, 1.54) is 28.4 Å². The molecular weight excluding hydrogens is 391 g/mol. The smallest absolute Gasteiger partial charge is 0.297 e. The van der Waals surface area contributed by atoms with Crippen molar-refractivity contribution < 1.29 is 13.6 Å². The summed E-state index contributed by atoms with van der Waals surface area (Å²) in [6, 6.07) is 10.5. The number of hydrogen-bond donors (Lipinski definition) is 0. The van der Waals surface area contributed by atoms with Crippen LogP contribution in [0.15, 0.2) is 63.3 Å². The number of halogens is 1. The van der Waals surface area contributed by atoms with E-state index in [1.807, 2.05) is 13.0 Å².